The molecule has 0 bridgehead atoms. The summed E-state index contributed by atoms with van der Waals surface area (Å²) in [6.07, 6.45) is 0.339. The molecule has 1 aromatic carbocycles. The minimum atomic E-state index is -1.77. The molecule has 160 valence electrons. The molecule has 0 aliphatic heterocycles. The van der Waals surface area contributed by atoms with Gasteiger partial charge in [-0.2, -0.15) is 0 Å². The lowest BCUT2D eigenvalue weighted by molar-refractivity contribution is -0.125. The van der Waals surface area contributed by atoms with Gasteiger partial charge in [-0.3, -0.25) is 9.59 Å². The van der Waals surface area contributed by atoms with E-state index in [2.05, 4.69) is 20.6 Å². The van der Waals surface area contributed by atoms with Gasteiger partial charge < -0.3 is 25.8 Å². The molecular formula is C20H27BN4O5. The number of hydrogen-bond donors (Lipinski definition) is 5. The van der Waals surface area contributed by atoms with Crippen molar-refractivity contribution in [3.8, 4) is 11.3 Å². The van der Waals surface area contributed by atoms with Gasteiger partial charge in [-0.05, 0) is 25.3 Å². The first-order valence-corrected chi connectivity index (χ1v) is 9.72. The summed E-state index contributed by atoms with van der Waals surface area (Å²) in [5.74, 6) is -2.23. The molecule has 1 heterocycles. The summed E-state index contributed by atoms with van der Waals surface area (Å²) >= 11 is 0. The van der Waals surface area contributed by atoms with E-state index in [9.17, 15) is 24.7 Å². The standard InChI is InChI=1S/C20H27BN4O5/c1-12(2)9-17(21(29)30)24-20(28)18(13(3)26)25-19(27)16-10-15(22-11-23-16)14-7-5-4-6-8-14/h4-8,10-13,17-18,26,29-30H,9H2,1-3H3,(H,24,28)(H,25,27)/t13?,17-,18-/m0/s1. The topological polar surface area (TPSA) is 145 Å². The first kappa shape index (κ1) is 23.5. The zero-order chi connectivity index (χ0) is 22.3. The predicted octanol–water partition coefficient (Wildman–Crippen LogP) is 0.166. The Morgan fingerprint density at radius 3 is 2.30 bits per heavy atom. The van der Waals surface area contributed by atoms with Crippen molar-refractivity contribution in [2.45, 2.75) is 45.3 Å². The van der Waals surface area contributed by atoms with Gasteiger partial charge in [0.2, 0.25) is 5.91 Å². The molecule has 0 spiro atoms. The van der Waals surface area contributed by atoms with Crippen LogP contribution in [-0.2, 0) is 4.79 Å². The number of nitrogens with zero attached hydrogens (tertiary/aromatic N) is 2. The Labute approximate surface area is 175 Å². The fourth-order valence-corrected chi connectivity index (χ4v) is 2.90. The smallest absolute Gasteiger partial charge is 0.426 e. The van der Waals surface area contributed by atoms with Gasteiger partial charge in [0.1, 0.15) is 18.1 Å². The molecule has 0 aliphatic carbocycles. The number of hydrogen-bond acceptors (Lipinski definition) is 7. The van der Waals surface area contributed by atoms with Crippen LogP contribution < -0.4 is 10.6 Å². The Bertz CT molecular complexity index is 848. The van der Waals surface area contributed by atoms with Gasteiger partial charge in [-0.1, -0.05) is 44.2 Å². The summed E-state index contributed by atoms with van der Waals surface area (Å²) in [7, 11) is -1.77. The highest BCUT2D eigenvalue weighted by atomic mass is 16.4. The maximum absolute atomic E-state index is 12.7. The third kappa shape index (κ3) is 6.62. The van der Waals surface area contributed by atoms with E-state index < -0.39 is 37.0 Å². The minimum Gasteiger partial charge on any atom is -0.426 e. The lowest BCUT2D eigenvalue weighted by Gasteiger charge is -2.25. The highest BCUT2D eigenvalue weighted by molar-refractivity contribution is 6.43. The summed E-state index contributed by atoms with van der Waals surface area (Å²) in [6.45, 7) is 5.09. The zero-order valence-electron chi connectivity index (χ0n) is 17.2. The summed E-state index contributed by atoms with van der Waals surface area (Å²) in [5.41, 5.74) is 1.37. The molecule has 1 unspecified atom stereocenters. The maximum atomic E-state index is 12.7. The van der Waals surface area contributed by atoms with E-state index in [-0.39, 0.29) is 11.6 Å². The lowest BCUT2D eigenvalue weighted by Crippen LogP contribution is -2.57. The van der Waals surface area contributed by atoms with Crippen LogP contribution in [0.15, 0.2) is 42.7 Å². The molecule has 0 radical (unpaired) electrons. The largest absolute Gasteiger partial charge is 0.475 e. The fourth-order valence-electron chi connectivity index (χ4n) is 2.90. The number of carbonyl (C=O) groups excluding carboxylic acids is 2. The average molecular weight is 414 g/mol. The molecule has 1 aromatic heterocycles. The molecule has 0 saturated carbocycles. The molecule has 0 fully saturated rings. The van der Waals surface area contributed by atoms with Crippen molar-refractivity contribution in [3.05, 3.63) is 48.4 Å². The van der Waals surface area contributed by atoms with Crippen LogP contribution in [0.25, 0.3) is 11.3 Å². The van der Waals surface area contributed by atoms with Gasteiger partial charge in [0.25, 0.3) is 5.91 Å². The van der Waals surface area contributed by atoms with Crippen LogP contribution in [0.4, 0.5) is 0 Å². The van der Waals surface area contributed by atoms with Gasteiger partial charge in [-0.15, -0.1) is 0 Å². The van der Waals surface area contributed by atoms with Crippen LogP contribution >= 0.6 is 0 Å². The molecule has 2 aromatic rings. The molecule has 9 nitrogen and oxygen atoms in total. The Balaban J connectivity index is 2.14. The van der Waals surface area contributed by atoms with E-state index in [4.69, 9.17) is 0 Å². The van der Waals surface area contributed by atoms with Crippen molar-refractivity contribution >= 4 is 18.9 Å². The van der Waals surface area contributed by atoms with Crippen molar-refractivity contribution in [2.24, 2.45) is 5.92 Å². The molecule has 0 saturated heterocycles. The highest BCUT2D eigenvalue weighted by Crippen LogP contribution is 2.16. The molecule has 5 N–H and O–H groups in total. The Kier molecular flexibility index (Phi) is 8.46. The zero-order valence-corrected chi connectivity index (χ0v) is 17.2. The normalized spacial score (nSPS) is 14.0. The monoisotopic (exact) mass is 414 g/mol. The van der Waals surface area contributed by atoms with Gasteiger partial charge in [0, 0.05) is 5.56 Å². The number of nitrogens with one attached hydrogen (secondary N) is 2. The summed E-state index contributed by atoms with van der Waals surface area (Å²) in [5, 5.41) is 33.9. The molecule has 0 aliphatic rings. The van der Waals surface area contributed by atoms with Crippen molar-refractivity contribution in [2.75, 3.05) is 0 Å². The van der Waals surface area contributed by atoms with Crippen LogP contribution in [0, 0.1) is 5.92 Å². The molecule has 30 heavy (non-hydrogen) atoms. The van der Waals surface area contributed by atoms with Gasteiger partial charge >= 0.3 is 7.12 Å². The van der Waals surface area contributed by atoms with Crippen molar-refractivity contribution in [1.82, 2.24) is 20.6 Å². The third-order valence-corrected chi connectivity index (χ3v) is 4.43. The Morgan fingerprint density at radius 1 is 1.07 bits per heavy atom. The van der Waals surface area contributed by atoms with Crippen LogP contribution in [0.5, 0.6) is 0 Å². The van der Waals surface area contributed by atoms with Crippen LogP contribution in [0.1, 0.15) is 37.7 Å². The van der Waals surface area contributed by atoms with E-state index in [1.807, 2.05) is 44.2 Å². The van der Waals surface area contributed by atoms with Crippen LogP contribution in [0.3, 0.4) is 0 Å². The molecule has 2 amide bonds. The second kappa shape index (κ2) is 10.8. The number of rotatable bonds is 9. The number of aliphatic hydroxyl groups excluding tert-OH is 1. The lowest BCUT2D eigenvalue weighted by atomic mass is 9.75. The van der Waals surface area contributed by atoms with Crippen molar-refractivity contribution < 1.29 is 24.7 Å². The summed E-state index contributed by atoms with van der Waals surface area (Å²) in [4.78, 5) is 33.4. The second-order valence-corrected chi connectivity index (χ2v) is 7.50. The predicted molar refractivity (Wildman–Crippen MR) is 112 cm³/mol. The van der Waals surface area contributed by atoms with E-state index in [0.717, 1.165) is 5.56 Å². The van der Waals surface area contributed by atoms with E-state index in [1.165, 1.54) is 19.3 Å². The van der Waals surface area contributed by atoms with E-state index in [1.54, 1.807) is 0 Å². The van der Waals surface area contributed by atoms with E-state index >= 15 is 0 Å². The molecule has 3 atom stereocenters. The van der Waals surface area contributed by atoms with E-state index in [0.29, 0.717) is 12.1 Å². The number of aromatic nitrogens is 2. The summed E-state index contributed by atoms with van der Waals surface area (Å²) in [6, 6.07) is 9.40. The first-order chi connectivity index (χ1) is 14.2. The van der Waals surface area contributed by atoms with Gasteiger partial charge in [0.15, 0.2) is 0 Å². The maximum Gasteiger partial charge on any atom is 0.475 e. The third-order valence-electron chi connectivity index (χ3n) is 4.43. The molecular weight excluding hydrogens is 387 g/mol. The number of aliphatic hydroxyl groups is 1. The fraction of sp³-hybridized carbons (Fsp3) is 0.400. The highest BCUT2D eigenvalue weighted by Gasteiger charge is 2.32. The quantitative estimate of drug-likeness (QED) is 0.368. The Hall–Kier alpha value is -2.82. The first-order valence-electron chi connectivity index (χ1n) is 9.72. The Morgan fingerprint density at radius 2 is 1.73 bits per heavy atom. The minimum absolute atomic E-state index is 0.0308. The van der Waals surface area contributed by atoms with Crippen LogP contribution in [0.2, 0.25) is 0 Å². The SMILES string of the molecule is CC(C)C[C@H](NC(=O)[C@@H](NC(=O)c1cc(-c2ccccc2)ncn1)C(C)O)B(O)O. The number of amides is 2. The van der Waals surface area contributed by atoms with Crippen LogP contribution in [-0.4, -0.2) is 62.1 Å². The molecule has 2 rings (SSSR count). The number of benzene rings is 1. The summed E-state index contributed by atoms with van der Waals surface area (Å²) < 4.78 is 0. The number of carbonyl (C=O) groups is 2. The van der Waals surface area contributed by atoms with Gasteiger partial charge in [0.05, 0.1) is 17.7 Å². The van der Waals surface area contributed by atoms with Crippen molar-refractivity contribution in [3.63, 3.8) is 0 Å². The van der Waals surface area contributed by atoms with Gasteiger partial charge in [-0.25, -0.2) is 9.97 Å². The average Bonchev–Trinajstić information content (AvgIpc) is 2.71. The van der Waals surface area contributed by atoms with Crippen molar-refractivity contribution in [1.29, 1.82) is 0 Å². The second-order valence-electron chi connectivity index (χ2n) is 7.50. The molecule has 10 heteroatoms.